The van der Waals surface area contributed by atoms with Crippen LogP contribution in [0.2, 0.25) is 10.0 Å². The molecule has 4 aliphatic rings. The van der Waals surface area contributed by atoms with Crippen LogP contribution < -0.4 is 24.5 Å². The molecule has 0 radical (unpaired) electrons. The van der Waals surface area contributed by atoms with Crippen LogP contribution in [-0.2, 0) is 30.8 Å². The second kappa shape index (κ2) is 17.8. The fourth-order valence-electron chi connectivity index (χ4n) is 10.3. The molecule has 4 aromatic carbocycles. The standard InChI is InChI=1S/C50H41Cl2F3N4O8/c1-65-33-17-20-40(66-2)28(23-33)10-7-27-8-15-32(16-9-27)58-45(61)36-19-18-34-37(42(36)47(58)63)25-38-46(62)59(57-44-39(52)24-30(26-56-44)50(53,54)55)48(64)49(38,29-11-13-31(51)14-12-29)43(34)35-5-3-4-6-41(35)67-22-21-60/h3-18,20,23-24,26,36-38,42-43,60H,19,21-22,25H2,1-2H3,(H,56,57)/t36-,37+,38-,42-,43+,49+/m0/s1. The zero-order valence-corrected chi connectivity index (χ0v) is 37.3. The van der Waals surface area contributed by atoms with Crippen molar-refractivity contribution in [2.45, 2.75) is 30.4 Å². The van der Waals surface area contributed by atoms with Crippen molar-refractivity contribution >= 4 is 70.5 Å². The summed E-state index contributed by atoms with van der Waals surface area (Å²) in [5.41, 5.74) is 3.10. The Morgan fingerprint density at radius 2 is 1.61 bits per heavy atom. The van der Waals surface area contributed by atoms with Gasteiger partial charge in [-0.3, -0.25) is 29.5 Å². The molecule has 2 aliphatic carbocycles. The Kier molecular flexibility index (Phi) is 12.1. The van der Waals surface area contributed by atoms with Crippen molar-refractivity contribution < 1.29 is 51.7 Å². The summed E-state index contributed by atoms with van der Waals surface area (Å²) in [5, 5.41) is 10.4. The number of allylic oxidation sites excluding steroid dienone is 2. The van der Waals surface area contributed by atoms with Crippen LogP contribution in [0, 0.1) is 23.7 Å². The van der Waals surface area contributed by atoms with Gasteiger partial charge in [0.15, 0.2) is 5.82 Å². The van der Waals surface area contributed by atoms with Crippen molar-refractivity contribution in [3.63, 3.8) is 0 Å². The number of carbonyl (C=O) groups is 4. The predicted octanol–water partition coefficient (Wildman–Crippen LogP) is 9.16. The van der Waals surface area contributed by atoms with Crippen LogP contribution in [0.1, 0.15) is 46.6 Å². The van der Waals surface area contributed by atoms with Gasteiger partial charge in [0.05, 0.1) is 60.3 Å². The van der Waals surface area contributed by atoms with Gasteiger partial charge >= 0.3 is 6.18 Å². The molecule has 344 valence electrons. The predicted molar refractivity (Wildman–Crippen MR) is 243 cm³/mol. The second-order valence-electron chi connectivity index (χ2n) is 16.6. The van der Waals surface area contributed by atoms with Crippen LogP contribution in [0.5, 0.6) is 17.2 Å². The number of hydrogen-bond donors (Lipinski definition) is 2. The summed E-state index contributed by atoms with van der Waals surface area (Å²) < 4.78 is 57.8. The molecule has 0 spiro atoms. The molecule has 6 atom stereocenters. The van der Waals surface area contributed by atoms with Crippen LogP contribution in [0.4, 0.5) is 24.7 Å². The minimum atomic E-state index is -4.77. The molecule has 12 nitrogen and oxygen atoms in total. The van der Waals surface area contributed by atoms with E-state index >= 15 is 9.59 Å². The number of methoxy groups -OCH3 is 2. The molecule has 4 amide bonds. The number of anilines is 2. The van der Waals surface area contributed by atoms with E-state index in [0.29, 0.717) is 56.9 Å². The van der Waals surface area contributed by atoms with Gasteiger partial charge in [-0.1, -0.05) is 89.5 Å². The number of ether oxygens (including phenoxy) is 3. The number of nitrogens with one attached hydrogen (secondary N) is 1. The molecule has 0 unspecified atom stereocenters. The molecule has 2 N–H and O–H groups in total. The number of halogens is 5. The smallest absolute Gasteiger partial charge is 0.417 e. The number of aromatic nitrogens is 1. The number of para-hydroxylation sites is 1. The minimum absolute atomic E-state index is 0.0763. The number of benzene rings is 4. The lowest BCUT2D eigenvalue weighted by atomic mass is 9.49. The zero-order chi connectivity index (χ0) is 47.4. The molecule has 1 aromatic heterocycles. The molecule has 17 heteroatoms. The highest BCUT2D eigenvalue weighted by Crippen LogP contribution is 2.65. The lowest BCUT2D eigenvalue weighted by Crippen LogP contribution is -2.53. The zero-order valence-electron chi connectivity index (χ0n) is 35.8. The van der Waals surface area contributed by atoms with Gasteiger partial charge in [-0.25, -0.2) is 4.98 Å². The molecule has 0 bridgehead atoms. The van der Waals surface area contributed by atoms with Gasteiger partial charge in [0.25, 0.3) is 11.8 Å². The first kappa shape index (κ1) is 45.5. The number of hydrazine groups is 1. The maximum atomic E-state index is 15.6. The van der Waals surface area contributed by atoms with Gasteiger partial charge in [-0.05, 0) is 84.5 Å². The maximum absolute atomic E-state index is 15.6. The Balaban J connectivity index is 1.13. The topological polar surface area (TPSA) is 148 Å². The Morgan fingerprint density at radius 3 is 2.30 bits per heavy atom. The van der Waals surface area contributed by atoms with Crippen LogP contribution in [0.15, 0.2) is 115 Å². The van der Waals surface area contributed by atoms with Gasteiger partial charge in [-0.2, -0.15) is 18.2 Å². The lowest BCUT2D eigenvalue weighted by Gasteiger charge is -2.50. The summed E-state index contributed by atoms with van der Waals surface area (Å²) in [6.07, 6.45) is 1.43. The third kappa shape index (κ3) is 7.78. The number of fused-ring (bicyclic) bond motifs is 4. The van der Waals surface area contributed by atoms with E-state index < -0.39 is 75.4 Å². The summed E-state index contributed by atoms with van der Waals surface area (Å²) in [6.45, 7) is -0.450. The number of hydrogen-bond acceptors (Lipinski definition) is 10. The largest absolute Gasteiger partial charge is 0.497 e. The number of carbonyl (C=O) groups excluding carboxylic acids is 4. The number of nitrogens with zero attached hydrogens (tertiary/aromatic N) is 3. The van der Waals surface area contributed by atoms with E-state index in [1.807, 2.05) is 24.3 Å². The van der Waals surface area contributed by atoms with Crippen molar-refractivity contribution in [2.75, 3.05) is 37.8 Å². The molecule has 3 fully saturated rings. The number of aliphatic hydroxyl groups excluding tert-OH is 1. The number of aliphatic hydroxyl groups is 1. The van der Waals surface area contributed by atoms with Crippen molar-refractivity contribution in [1.82, 2.24) is 9.99 Å². The number of imide groups is 2. The molecule has 2 aliphatic heterocycles. The monoisotopic (exact) mass is 952 g/mol. The average Bonchev–Trinajstić information content (AvgIpc) is 3.71. The average molecular weight is 954 g/mol. The van der Waals surface area contributed by atoms with Crippen molar-refractivity contribution in [3.8, 4) is 17.2 Å². The SMILES string of the molecule is COc1ccc(OC)c(C=Cc2ccc(N3C(=O)[C@H]4[C@H](CC=C5[C@H]4C[C@H]4C(=O)N(Nc6ncc(C(F)(F)F)cc6Cl)C(=O)[C@@]4(c4ccc(Cl)cc4)[C@H]5c4ccccc4OCCO)C3=O)cc2)c1. The molecule has 9 rings (SSSR count). The van der Waals surface area contributed by atoms with E-state index in [1.165, 1.54) is 4.90 Å². The first-order valence-electron chi connectivity index (χ1n) is 21.3. The maximum Gasteiger partial charge on any atom is 0.417 e. The number of alkyl halides is 3. The van der Waals surface area contributed by atoms with E-state index in [0.717, 1.165) is 16.1 Å². The Labute approximate surface area is 392 Å². The third-order valence-electron chi connectivity index (χ3n) is 13.2. The van der Waals surface area contributed by atoms with Crippen molar-refractivity contribution in [2.24, 2.45) is 23.7 Å². The quantitative estimate of drug-likeness (QED) is 0.0705. The van der Waals surface area contributed by atoms with Crippen LogP contribution in [0.25, 0.3) is 12.2 Å². The third-order valence-corrected chi connectivity index (χ3v) is 13.7. The molecule has 3 heterocycles. The van der Waals surface area contributed by atoms with Crippen LogP contribution >= 0.6 is 23.2 Å². The fourth-order valence-corrected chi connectivity index (χ4v) is 10.6. The highest BCUT2D eigenvalue weighted by atomic mass is 35.5. The number of pyridine rings is 1. The van der Waals surface area contributed by atoms with Gasteiger partial charge in [0, 0.05) is 28.3 Å². The van der Waals surface area contributed by atoms with Gasteiger partial charge in [0.1, 0.15) is 23.9 Å². The summed E-state index contributed by atoms with van der Waals surface area (Å²) in [4.78, 5) is 65.1. The van der Waals surface area contributed by atoms with Gasteiger partial charge < -0.3 is 19.3 Å². The van der Waals surface area contributed by atoms with Crippen molar-refractivity contribution in [3.05, 3.63) is 153 Å². The second-order valence-corrected chi connectivity index (χ2v) is 17.4. The molecular weight excluding hydrogens is 912 g/mol. The number of amides is 4. The Hall–Kier alpha value is -6.68. The lowest BCUT2D eigenvalue weighted by molar-refractivity contribution is -0.139. The minimum Gasteiger partial charge on any atom is -0.497 e. The van der Waals surface area contributed by atoms with Gasteiger partial charge in [0.2, 0.25) is 11.8 Å². The summed E-state index contributed by atoms with van der Waals surface area (Å²) in [7, 11) is 3.14. The Morgan fingerprint density at radius 1 is 0.866 bits per heavy atom. The van der Waals surface area contributed by atoms with E-state index in [2.05, 4.69) is 10.4 Å². The molecule has 2 saturated heterocycles. The molecule has 1 saturated carbocycles. The van der Waals surface area contributed by atoms with Crippen LogP contribution in [0.3, 0.4) is 0 Å². The highest BCUT2D eigenvalue weighted by molar-refractivity contribution is 6.33. The normalized spacial score (nSPS) is 23.5. The van der Waals surface area contributed by atoms with Crippen LogP contribution in [-0.4, -0.2) is 66.2 Å². The molecule has 67 heavy (non-hydrogen) atoms. The van der Waals surface area contributed by atoms with Crippen molar-refractivity contribution in [1.29, 1.82) is 0 Å². The summed E-state index contributed by atoms with van der Waals surface area (Å²) in [5.74, 6) is -5.97. The van der Waals surface area contributed by atoms with Gasteiger partial charge in [-0.15, -0.1) is 0 Å². The van der Waals surface area contributed by atoms with E-state index in [4.69, 9.17) is 37.4 Å². The van der Waals surface area contributed by atoms with E-state index in [9.17, 15) is 27.9 Å². The first-order valence-corrected chi connectivity index (χ1v) is 22.0. The van der Waals surface area contributed by atoms with E-state index in [1.54, 1.807) is 99.1 Å². The first-order chi connectivity index (χ1) is 32.2. The van der Waals surface area contributed by atoms with E-state index in [-0.39, 0.29) is 31.9 Å². The highest BCUT2D eigenvalue weighted by Gasteiger charge is 2.71. The molecular formula is C50H41Cl2F3N4O8. The summed E-state index contributed by atoms with van der Waals surface area (Å²) in [6, 6.07) is 26.3. The summed E-state index contributed by atoms with van der Waals surface area (Å²) >= 11 is 12.7. The Bertz CT molecular complexity index is 2860. The number of rotatable bonds is 12. The molecule has 5 aromatic rings. The fraction of sp³-hybridized carbons (Fsp3) is 0.260.